The molecule has 4 heterocycles. The molecule has 0 aliphatic carbocycles. The first-order chi connectivity index (χ1) is 23.8. The van der Waals surface area contributed by atoms with Gasteiger partial charge in [0.05, 0.1) is 15.7 Å². The van der Waals surface area contributed by atoms with Gasteiger partial charge in [0.25, 0.3) is 5.91 Å². The molecule has 2 bridgehead atoms. The number of nitrogens with two attached hydrogens (primary N) is 1. The molecule has 3 unspecified atom stereocenters. The van der Waals surface area contributed by atoms with Crippen molar-refractivity contribution in [1.82, 2.24) is 9.80 Å². The van der Waals surface area contributed by atoms with Gasteiger partial charge in [-0.15, -0.1) is 0 Å². The van der Waals surface area contributed by atoms with Crippen molar-refractivity contribution in [2.45, 2.75) is 93.5 Å². The monoisotopic (exact) mass is 738 g/mol. The number of hydrogen-bond donors (Lipinski definition) is 1. The normalized spacial score (nSPS) is 25.6. The highest BCUT2D eigenvalue weighted by atomic mass is 35.5. The number of benzene rings is 3. The SMILES string of the molecule is CC1=Nc2ccccc2C(C(C)C2C[C@H]3CC[C@@H](C2)N3CCC2(c3ccc(Cl)c(F)c3)CCN(C(=O)c3ccc(Cl)c(S(N)(=O)=O)c3)CC2)C1. The van der Waals surface area contributed by atoms with Crippen LogP contribution in [0.3, 0.4) is 0 Å². The molecular weight excluding hydrogens is 694 g/mol. The number of para-hydroxylation sites is 1. The van der Waals surface area contributed by atoms with Crippen molar-refractivity contribution in [3.05, 3.63) is 93.2 Å². The fourth-order valence-corrected chi connectivity index (χ4v) is 10.7. The molecule has 3 aromatic carbocycles. The molecule has 4 aliphatic heterocycles. The van der Waals surface area contributed by atoms with Gasteiger partial charge in [-0.3, -0.25) is 14.7 Å². The summed E-state index contributed by atoms with van der Waals surface area (Å²) in [5.74, 6) is 1.01. The highest BCUT2D eigenvalue weighted by Crippen LogP contribution is 2.49. The van der Waals surface area contributed by atoms with E-state index in [4.69, 9.17) is 33.3 Å². The molecule has 50 heavy (non-hydrogen) atoms. The summed E-state index contributed by atoms with van der Waals surface area (Å²) >= 11 is 12.2. The van der Waals surface area contributed by atoms with E-state index in [2.05, 4.69) is 43.0 Å². The van der Waals surface area contributed by atoms with Crippen LogP contribution in [0.15, 0.2) is 70.6 Å². The van der Waals surface area contributed by atoms with Gasteiger partial charge in [-0.25, -0.2) is 17.9 Å². The number of sulfonamides is 1. The van der Waals surface area contributed by atoms with E-state index in [1.165, 1.54) is 55.2 Å². The summed E-state index contributed by atoms with van der Waals surface area (Å²) in [7, 11) is -4.09. The van der Waals surface area contributed by atoms with Crippen LogP contribution in [0.1, 0.15) is 92.6 Å². The van der Waals surface area contributed by atoms with Crippen LogP contribution in [0.5, 0.6) is 0 Å². The first-order valence-electron chi connectivity index (χ1n) is 17.8. The van der Waals surface area contributed by atoms with E-state index in [0.717, 1.165) is 30.6 Å². The van der Waals surface area contributed by atoms with Gasteiger partial charge in [-0.05, 0) is 136 Å². The second-order valence-corrected chi connectivity index (χ2v) is 17.4. The van der Waals surface area contributed by atoms with Gasteiger partial charge in [-0.2, -0.15) is 0 Å². The summed E-state index contributed by atoms with van der Waals surface area (Å²) in [6, 6.07) is 19.0. The highest BCUT2D eigenvalue weighted by molar-refractivity contribution is 7.89. The molecule has 0 radical (unpaired) electrons. The van der Waals surface area contributed by atoms with E-state index in [0.29, 0.717) is 55.8 Å². The van der Waals surface area contributed by atoms with Gasteiger partial charge in [0.1, 0.15) is 10.7 Å². The van der Waals surface area contributed by atoms with Crippen LogP contribution >= 0.6 is 23.2 Å². The number of rotatable bonds is 8. The minimum Gasteiger partial charge on any atom is -0.339 e. The molecule has 11 heteroatoms. The molecule has 7 rings (SSSR count). The maximum atomic E-state index is 14.9. The van der Waals surface area contributed by atoms with Crippen molar-refractivity contribution in [3.63, 3.8) is 0 Å². The number of amides is 1. The number of likely N-dealkylation sites (tertiary alicyclic amines) is 1. The topological polar surface area (TPSA) is 96.1 Å². The van der Waals surface area contributed by atoms with Gasteiger partial charge in [0.15, 0.2) is 0 Å². The van der Waals surface area contributed by atoms with Crippen LogP contribution in [0.25, 0.3) is 0 Å². The number of aliphatic imine (C=N–C) groups is 1. The summed E-state index contributed by atoms with van der Waals surface area (Å²) in [6.45, 7) is 6.44. The summed E-state index contributed by atoms with van der Waals surface area (Å²) in [6.07, 6.45) is 7.99. The maximum Gasteiger partial charge on any atom is 0.253 e. The third-order valence-corrected chi connectivity index (χ3v) is 14.0. The molecule has 5 atom stereocenters. The number of piperidine rings is 2. The molecule has 3 saturated heterocycles. The fourth-order valence-electron chi connectivity index (χ4n) is 9.52. The predicted molar refractivity (Wildman–Crippen MR) is 198 cm³/mol. The maximum absolute atomic E-state index is 14.9. The predicted octanol–water partition coefficient (Wildman–Crippen LogP) is 8.50. The molecule has 0 spiro atoms. The van der Waals surface area contributed by atoms with Crippen LogP contribution in [0.2, 0.25) is 10.0 Å². The van der Waals surface area contributed by atoms with E-state index in [9.17, 15) is 17.6 Å². The summed E-state index contributed by atoms with van der Waals surface area (Å²) in [5.41, 5.74) is 4.55. The zero-order valence-electron chi connectivity index (χ0n) is 28.6. The van der Waals surface area contributed by atoms with Crippen molar-refractivity contribution in [1.29, 1.82) is 0 Å². The zero-order chi connectivity index (χ0) is 35.4. The van der Waals surface area contributed by atoms with E-state index < -0.39 is 15.8 Å². The fraction of sp³-hybridized carbons (Fsp3) is 0.487. The molecule has 4 aliphatic rings. The Morgan fingerprint density at radius 3 is 2.38 bits per heavy atom. The smallest absolute Gasteiger partial charge is 0.253 e. The molecule has 1 amide bonds. The van der Waals surface area contributed by atoms with E-state index in [1.807, 2.05) is 6.07 Å². The minimum absolute atomic E-state index is 0.0252. The van der Waals surface area contributed by atoms with Crippen LogP contribution < -0.4 is 5.14 Å². The second kappa shape index (κ2) is 14.0. The number of halogens is 3. The van der Waals surface area contributed by atoms with Crippen molar-refractivity contribution in [3.8, 4) is 0 Å². The molecule has 3 fully saturated rings. The minimum atomic E-state index is -4.09. The number of carbonyl (C=O) groups is 1. The van der Waals surface area contributed by atoms with E-state index in [1.54, 1.807) is 17.0 Å². The van der Waals surface area contributed by atoms with Gasteiger partial charge in [0, 0.05) is 36.4 Å². The first-order valence-corrected chi connectivity index (χ1v) is 20.1. The quantitative estimate of drug-likeness (QED) is 0.251. The molecular formula is C39H45Cl2FN4O3S. The largest absolute Gasteiger partial charge is 0.339 e. The average Bonchev–Trinajstić information content (AvgIpc) is 3.33. The molecule has 3 aromatic rings. The van der Waals surface area contributed by atoms with Crippen molar-refractivity contribution in [2.24, 2.45) is 22.0 Å². The summed E-state index contributed by atoms with van der Waals surface area (Å²) in [5, 5.41) is 5.41. The second-order valence-electron chi connectivity index (χ2n) is 15.1. The lowest BCUT2D eigenvalue weighted by Crippen LogP contribution is -2.49. The van der Waals surface area contributed by atoms with Crippen LogP contribution in [-0.4, -0.2) is 61.6 Å². The molecule has 0 saturated carbocycles. The molecule has 7 nitrogen and oxygen atoms in total. The lowest BCUT2D eigenvalue weighted by atomic mass is 9.69. The Labute approximate surface area is 305 Å². The zero-order valence-corrected chi connectivity index (χ0v) is 31.0. The first kappa shape index (κ1) is 35.6. The number of carbonyl (C=O) groups excluding carboxylic acids is 1. The Bertz CT molecular complexity index is 1920. The molecule has 0 aromatic heterocycles. The van der Waals surface area contributed by atoms with E-state index in [-0.39, 0.29) is 31.8 Å². The lowest BCUT2D eigenvalue weighted by molar-refractivity contribution is 0.0537. The third-order valence-electron chi connectivity index (χ3n) is 12.3. The van der Waals surface area contributed by atoms with Crippen LogP contribution in [0, 0.1) is 17.7 Å². The van der Waals surface area contributed by atoms with Gasteiger partial charge in [-0.1, -0.05) is 54.4 Å². The average molecular weight is 740 g/mol. The van der Waals surface area contributed by atoms with Gasteiger partial charge >= 0.3 is 0 Å². The number of hydrogen-bond acceptors (Lipinski definition) is 5. The van der Waals surface area contributed by atoms with Gasteiger partial charge < -0.3 is 4.90 Å². The number of fused-ring (bicyclic) bond motifs is 3. The number of primary sulfonamides is 1. The summed E-state index contributed by atoms with van der Waals surface area (Å²) in [4.78, 5) is 22.6. The van der Waals surface area contributed by atoms with E-state index >= 15 is 0 Å². The Balaban J connectivity index is 1.06. The van der Waals surface area contributed by atoms with Crippen molar-refractivity contribution < 1.29 is 17.6 Å². The van der Waals surface area contributed by atoms with Crippen molar-refractivity contribution in [2.75, 3.05) is 19.6 Å². The molecule has 266 valence electrons. The van der Waals surface area contributed by atoms with Crippen LogP contribution in [-0.2, 0) is 15.4 Å². The summed E-state index contributed by atoms with van der Waals surface area (Å²) < 4.78 is 39.0. The Morgan fingerprint density at radius 2 is 1.70 bits per heavy atom. The third kappa shape index (κ3) is 6.88. The Kier molecular flexibility index (Phi) is 9.93. The highest BCUT2D eigenvalue weighted by Gasteiger charge is 2.46. The van der Waals surface area contributed by atoms with Crippen molar-refractivity contribution >= 4 is 50.5 Å². The Morgan fingerprint density at radius 1 is 1.02 bits per heavy atom. The molecule has 2 N–H and O–H groups in total. The van der Waals surface area contributed by atoms with Gasteiger partial charge in [0.2, 0.25) is 10.0 Å². The number of nitrogens with zero attached hydrogens (tertiary/aromatic N) is 3. The lowest BCUT2D eigenvalue weighted by Gasteiger charge is -2.47. The standard InChI is InChI=1S/C39H45Cl2FN4O3S/c1-24-19-32(31-5-3-4-6-36(31)44-24)25(2)27-20-29-9-10-30(21-27)46(29)18-15-39(28-8-12-33(40)35(42)23-28)13-16-45(17-14-39)38(47)26-7-11-34(41)37(22-26)50(43,48)49/h3-8,11-12,22-23,25,27,29-30,32H,9-10,13-21H2,1-2H3,(H2,43,48,49)/t25?,27?,29-,30+,32?. The van der Waals surface area contributed by atoms with Crippen LogP contribution in [0.4, 0.5) is 10.1 Å². The Hall–Kier alpha value is -2.82.